The molecule has 0 bridgehead atoms. The van der Waals surface area contributed by atoms with Crippen LogP contribution in [-0.4, -0.2) is 5.84 Å². The molecule has 42 valence electrons. The van der Waals surface area contributed by atoms with Gasteiger partial charge in [0.15, 0.2) is 0 Å². The number of nitrogens with one attached hydrogen (secondary N) is 1. The van der Waals surface area contributed by atoms with Gasteiger partial charge in [-0.25, -0.2) is 0 Å². The van der Waals surface area contributed by atoms with Crippen LogP contribution in [0.5, 0.6) is 0 Å². The molecule has 0 aliphatic rings. The lowest BCUT2D eigenvalue weighted by atomic mass is 10.1. The van der Waals surface area contributed by atoms with Crippen LogP contribution in [-0.2, 0) is 0 Å². The van der Waals surface area contributed by atoms with Gasteiger partial charge in [-0.2, -0.15) is 0 Å². The van der Waals surface area contributed by atoms with Crippen molar-refractivity contribution in [3.8, 4) is 0 Å². The smallest absolute Gasteiger partial charge is 0.0934 e. The van der Waals surface area contributed by atoms with Crippen LogP contribution in [0.15, 0.2) is 0 Å². The average molecular weight is 100 g/mol. The SMILES string of the molecule is CC[C@H](C)C(=N)N. The van der Waals surface area contributed by atoms with Crippen molar-refractivity contribution < 1.29 is 0 Å². The summed E-state index contributed by atoms with van der Waals surface area (Å²) in [6, 6.07) is 0. The van der Waals surface area contributed by atoms with Crippen LogP contribution < -0.4 is 5.73 Å². The highest BCUT2D eigenvalue weighted by atomic mass is 14.7. The third-order valence-corrected chi connectivity index (χ3v) is 1.14. The molecule has 2 nitrogen and oxygen atoms in total. The Morgan fingerprint density at radius 3 is 2.29 bits per heavy atom. The van der Waals surface area contributed by atoms with Gasteiger partial charge in [0, 0.05) is 5.92 Å². The summed E-state index contributed by atoms with van der Waals surface area (Å²) in [6.45, 7) is 3.97. The molecular formula is C5H12N2. The number of amidine groups is 1. The van der Waals surface area contributed by atoms with Crippen molar-refractivity contribution in [1.29, 1.82) is 5.41 Å². The van der Waals surface area contributed by atoms with Gasteiger partial charge in [0.25, 0.3) is 0 Å². The summed E-state index contributed by atoms with van der Waals surface area (Å²) in [5.41, 5.74) is 5.13. The molecule has 0 saturated heterocycles. The lowest BCUT2D eigenvalue weighted by Gasteiger charge is -2.01. The van der Waals surface area contributed by atoms with E-state index < -0.39 is 0 Å². The van der Waals surface area contributed by atoms with Crippen molar-refractivity contribution in [2.75, 3.05) is 0 Å². The minimum absolute atomic E-state index is 0.264. The second kappa shape index (κ2) is 2.61. The molecule has 0 aliphatic carbocycles. The highest BCUT2D eigenvalue weighted by Crippen LogP contribution is 1.96. The molecule has 2 heteroatoms. The lowest BCUT2D eigenvalue weighted by Crippen LogP contribution is -2.18. The van der Waals surface area contributed by atoms with Crippen molar-refractivity contribution in [3.05, 3.63) is 0 Å². The summed E-state index contributed by atoms with van der Waals surface area (Å²) < 4.78 is 0. The zero-order valence-electron chi connectivity index (χ0n) is 4.86. The molecule has 0 rings (SSSR count). The van der Waals surface area contributed by atoms with Gasteiger partial charge in [-0.3, -0.25) is 5.41 Å². The molecule has 0 saturated carbocycles. The maximum absolute atomic E-state index is 6.88. The van der Waals surface area contributed by atoms with Gasteiger partial charge in [0.05, 0.1) is 5.84 Å². The minimum Gasteiger partial charge on any atom is -0.387 e. The molecule has 0 heterocycles. The van der Waals surface area contributed by atoms with Crippen molar-refractivity contribution in [2.24, 2.45) is 11.7 Å². The largest absolute Gasteiger partial charge is 0.387 e. The third kappa shape index (κ3) is 2.20. The zero-order valence-corrected chi connectivity index (χ0v) is 4.86. The summed E-state index contributed by atoms with van der Waals surface area (Å²) >= 11 is 0. The van der Waals surface area contributed by atoms with Gasteiger partial charge in [-0.15, -0.1) is 0 Å². The van der Waals surface area contributed by atoms with E-state index in [1.807, 2.05) is 13.8 Å². The van der Waals surface area contributed by atoms with Gasteiger partial charge in [-0.1, -0.05) is 13.8 Å². The van der Waals surface area contributed by atoms with Crippen molar-refractivity contribution in [1.82, 2.24) is 0 Å². The Morgan fingerprint density at radius 1 is 1.86 bits per heavy atom. The predicted octanol–water partition coefficient (Wildman–Crippen LogP) is 0.968. The first kappa shape index (κ1) is 6.47. The number of rotatable bonds is 2. The highest BCUT2D eigenvalue weighted by Gasteiger charge is 1.97. The molecular weight excluding hydrogens is 88.1 g/mol. The van der Waals surface area contributed by atoms with Crippen LogP contribution in [0.2, 0.25) is 0 Å². The standard InChI is InChI=1S/C5H12N2/c1-3-4(2)5(6)7/h4H,3H2,1-2H3,(H3,6,7)/t4-/m0/s1. The van der Waals surface area contributed by atoms with E-state index in [2.05, 4.69) is 0 Å². The van der Waals surface area contributed by atoms with Gasteiger partial charge >= 0.3 is 0 Å². The fourth-order valence-electron chi connectivity index (χ4n) is 0.220. The maximum Gasteiger partial charge on any atom is 0.0934 e. The molecule has 0 aromatic heterocycles. The van der Waals surface area contributed by atoms with Crippen LogP contribution in [0.4, 0.5) is 0 Å². The molecule has 3 N–H and O–H groups in total. The molecule has 0 aliphatic heterocycles. The summed E-state index contributed by atoms with van der Waals surface area (Å²) in [5, 5.41) is 6.88. The lowest BCUT2D eigenvalue weighted by molar-refractivity contribution is 0.728. The molecule has 0 amide bonds. The summed E-state index contributed by atoms with van der Waals surface area (Å²) in [6.07, 6.45) is 0.968. The van der Waals surface area contributed by atoms with E-state index in [0.29, 0.717) is 5.84 Å². The minimum atomic E-state index is 0.264. The summed E-state index contributed by atoms with van der Waals surface area (Å²) in [5.74, 6) is 0.558. The number of hydrogen-bond acceptors (Lipinski definition) is 1. The van der Waals surface area contributed by atoms with E-state index in [0.717, 1.165) is 6.42 Å². The highest BCUT2D eigenvalue weighted by molar-refractivity contribution is 5.79. The second-order valence-electron chi connectivity index (χ2n) is 1.76. The first-order valence-corrected chi connectivity index (χ1v) is 2.52. The molecule has 1 atom stereocenters. The third-order valence-electron chi connectivity index (χ3n) is 1.14. The van der Waals surface area contributed by atoms with Gasteiger partial charge < -0.3 is 5.73 Å². The average Bonchev–Trinajstić information content (AvgIpc) is 1.65. The van der Waals surface area contributed by atoms with Crippen molar-refractivity contribution in [2.45, 2.75) is 20.3 Å². The van der Waals surface area contributed by atoms with E-state index in [9.17, 15) is 0 Å². The normalized spacial score (nSPS) is 13.4. The van der Waals surface area contributed by atoms with Crippen LogP contribution in [0.1, 0.15) is 20.3 Å². The van der Waals surface area contributed by atoms with Crippen molar-refractivity contribution >= 4 is 5.84 Å². The number of nitrogens with two attached hydrogens (primary N) is 1. The Balaban J connectivity index is 3.34. The Kier molecular flexibility index (Phi) is 2.41. The molecule has 0 unspecified atom stereocenters. The Bertz CT molecular complexity index is 68.5. The Morgan fingerprint density at radius 2 is 2.29 bits per heavy atom. The first-order chi connectivity index (χ1) is 3.18. The first-order valence-electron chi connectivity index (χ1n) is 2.52. The molecule has 0 radical (unpaired) electrons. The molecule has 7 heavy (non-hydrogen) atoms. The Hall–Kier alpha value is -0.530. The zero-order chi connectivity index (χ0) is 5.86. The van der Waals surface area contributed by atoms with E-state index in [4.69, 9.17) is 11.1 Å². The van der Waals surface area contributed by atoms with Crippen LogP contribution in [0, 0.1) is 11.3 Å². The topological polar surface area (TPSA) is 49.9 Å². The summed E-state index contributed by atoms with van der Waals surface area (Å²) in [4.78, 5) is 0. The van der Waals surface area contributed by atoms with E-state index in [1.54, 1.807) is 0 Å². The fourth-order valence-corrected chi connectivity index (χ4v) is 0.220. The monoisotopic (exact) mass is 100 g/mol. The fraction of sp³-hybridized carbons (Fsp3) is 0.800. The molecule has 0 spiro atoms. The van der Waals surface area contributed by atoms with E-state index in [-0.39, 0.29) is 5.92 Å². The predicted molar refractivity (Wildman–Crippen MR) is 31.4 cm³/mol. The molecule has 0 aromatic rings. The van der Waals surface area contributed by atoms with Gasteiger partial charge in [-0.05, 0) is 6.42 Å². The van der Waals surface area contributed by atoms with Crippen molar-refractivity contribution in [3.63, 3.8) is 0 Å². The maximum atomic E-state index is 6.88. The van der Waals surface area contributed by atoms with Gasteiger partial charge in [0.2, 0.25) is 0 Å². The number of hydrogen-bond donors (Lipinski definition) is 2. The van der Waals surface area contributed by atoms with Crippen LogP contribution in [0.3, 0.4) is 0 Å². The van der Waals surface area contributed by atoms with E-state index in [1.165, 1.54) is 0 Å². The van der Waals surface area contributed by atoms with Gasteiger partial charge in [0.1, 0.15) is 0 Å². The molecule has 0 aromatic carbocycles. The quantitative estimate of drug-likeness (QED) is 0.394. The molecule has 0 fully saturated rings. The van der Waals surface area contributed by atoms with E-state index >= 15 is 0 Å². The second-order valence-corrected chi connectivity index (χ2v) is 1.76. The van der Waals surface area contributed by atoms with Crippen LogP contribution in [0.25, 0.3) is 0 Å². The summed E-state index contributed by atoms with van der Waals surface area (Å²) in [7, 11) is 0. The Labute approximate surface area is 44.2 Å². The van der Waals surface area contributed by atoms with Crippen LogP contribution >= 0.6 is 0 Å².